The topological polar surface area (TPSA) is 0 Å². The molecule has 0 aliphatic carbocycles. The normalized spacial score (nSPS) is 14.2. The molecule has 0 aliphatic heterocycles. The van der Waals surface area contributed by atoms with E-state index in [0.717, 1.165) is 5.92 Å². The van der Waals surface area contributed by atoms with Gasteiger partial charge in [0.05, 0.1) is 0 Å². The van der Waals surface area contributed by atoms with Crippen LogP contribution in [0.4, 0.5) is 0 Å². The lowest BCUT2D eigenvalue weighted by Crippen LogP contribution is -2.12. The van der Waals surface area contributed by atoms with Gasteiger partial charge in [-0.05, 0) is 24.2 Å². The van der Waals surface area contributed by atoms with Crippen molar-refractivity contribution in [3.63, 3.8) is 0 Å². The summed E-state index contributed by atoms with van der Waals surface area (Å²) < 4.78 is 0. The molecular weight excluding hydrogens is 180 g/mol. The Bertz CT molecular complexity index is 135. The fourth-order valence-corrected chi connectivity index (χ4v) is 2.01. The maximum absolute atomic E-state index is 2.41. The Morgan fingerprint density at radius 2 is 1.60 bits per heavy atom. The van der Waals surface area contributed by atoms with E-state index in [-0.39, 0.29) is 0 Å². The molecule has 0 N–H and O–H groups in total. The summed E-state index contributed by atoms with van der Waals surface area (Å²) in [5.41, 5.74) is 0.568. The molecule has 15 heavy (non-hydrogen) atoms. The van der Waals surface area contributed by atoms with E-state index in [1.54, 1.807) is 0 Å². The van der Waals surface area contributed by atoms with Crippen LogP contribution < -0.4 is 0 Å². The highest BCUT2D eigenvalue weighted by Crippen LogP contribution is 2.30. The summed E-state index contributed by atoms with van der Waals surface area (Å²) in [6.07, 6.45) is 11.2. The molecule has 0 aromatic carbocycles. The van der Waals surface area contributed by atoms with Crippen molar-refractivity contribution < 1.29 is 0 Å². The highest BCUT2D eigenvalue weighted by molar-refractivity contribution is 4.69. The van der Waals surface area contributed by atoms with Gasteiger partial charge in [-0.15, -0.1) is 0 Å². The quantitative estimate of drug-likeness (QED) is 0.423. The molecule has 92 valence electrons. The van der Waals surface area contributed by atoms with E-state index in [1.807, 2.05) is 0 Å². The summed E-state index contributed by atoms with van der Waals surface area (Å²) >= 11 is 0. The molecule has 0 heterocycles. The second-order valence-corrected chi connectivity index (χ2v) is 5.83. The lowest BCUT2D eigenvalue weighted by atomic mass is 9.81. The minimum atomic E-state index is 0.568. The van der Waals surface area contributed by atoms with E-state index < -0.39 is 0 Å². The molecule has 0 bridgehead atoms. The summed E-state index contributed by atoms with van der Waals surface area (Å²) in [5.74, 6) is 0.988. The summed E-state index contributed by atoms with van der Waals surface area (Å²) in [7, 11) is 0. The average molecular weight is 212 g/mol. The zero-order valence-corrected chi connectivity index (χ0v) is 11.7. The van der Waals surface area contributed by atoms with Crippen LogP contribution in [0.2, 0.25) is 0 Å². The molecular formula is C15H32. The van der Waals surface area contributed by atoms with Gasteiger partial charge in [-0.25, -0.2) is 0 Å². The third kappa shape index (κ3) is 7.88. The predicted octanol–water partition coefficient (Wildman–Crippen LogP) is 5.81. The van der Waals surface area contributed by atoms with Crippen molar-refractivity contribution in [3.05, 3.63) is 0 Å². The average Bonchev–Trinajstić information content (AvgIpc) is 2.23. The molecule has 0 amide bonds. The van der Waals surface area contributed by atoms with Crippen molar-refractivity contribution in [2.24, 2.45) is 11.3 Å². The smallest absolute Gasteiger partial charge is 0.0357 e. The Labute approximate surface area is 97.8 Å². The summed E-state index contributed by atoms with van der Waals surface area (Å²) in [4.78, 5) is 0. The molecule has 1 unspecified atom stereocenters. The van der Waals surface area contributed by atoms with Crippen molar-refractivity contribution in [2.45, 2.75) is 86.0 Å². The molecule has 0 heteroatoms. The maximum Gasteiger partial charge on any atom is -0.0357 e. The fraction of sp³-hybridized carbons (Fsp3) is 1.00. The molecule has 0 saturated carbocycles. The molecule has 0 rings (SSSR count). The Kier molecular flexibility index (Phi) is 8.19. The molecule has 0 spiro atoms. The van der Waals surface area contributed by atoms with E-state index in [0.29, 0.717) is 5.41 Å². The van der Waals surface area contributed by atoms with Gasteiger partial charge < -0.3 is 0 Å². The van der Waals surface area contributed by atoms with Gasteiger partial charge in [0.25, 0.3) is 0 Å². The van der Waals surface area contributed by atoms with Crippen LogP contribution in [0.5, 0.6) is 0 Å². The Hall–Kier alpha value is 0. The molecule has 0 saturated heterocycles. The van der Waals surface area contributed by atoms with Crippen LogP contribution in [0.3, 0.4) is 0 Å². The zero-order chi connectivity index (χ0) is 11.7. The van der Waals surface area contributed by atoms with Crippen molar-refractivity contribution >= 4 is 0 Å². The van der Waals surface area contributed by atoms with Gasteiger partial charge in [0.2, 0.25) is 0 Å². The molecule has 0 nitrogen and oxygen atoms in total. The minimum Gasteiger partial charge on any atom is -0.0654 e. The van der Waals surface area contributed by atoms with Gasteiger partial charge in [0, 0.05) is 0 Å². The first-order chi connectivity index (χ1) is 7.05. The largest absolute Gasteiger partial charge is 0.0654 e. The Morgan fingerprint density at radius 3 is 2.07 bits per heavy atom. The highest BCUT2D eigenvalue weighted by Gasteiger charge is 2.17. The molecule has 1 atom stereocenters. The molecule has 0 aromatic rings. The van der Waals surface area contributed by atoms with Crippen LogP contribution in [0.15, 0.2) is 0 Å². The van der Waals surface area contributed by atoms with E-state index >= 15 is 0 Å². The van der Waals surface area contributed by atoms with Crippen molar-refractivity contribution in [3.8, 4) is 0 Å². The van der Waals surface area contributed by atoms with Gasteiger partial charge in [-0.3, -0.25) is 0 Å². The zero-order valence-electron chi connectivity index (χ0n) is 11.7. The van der Waals surface area contributed by atoms with Crippen LogP contribution in [0, 0.1) is 11.3 Å². The fourth-order valence-electron chi connectivity index (χ4n) is 2.01. The minimum absolute atomic E-state index is 0.568. The SMILES string of the molecule is CCCCCC(CC)CCC(C)(C)CC. The van der Waals surface area contributed by atoms with Crippen molar-refractivity contribution in [1.82, 2.24) is 0 Å². The Morgan fingerprint density at radius 1 is 0.933 bits per heavy atom. The number of unbranched alkanes of at least 4 members (excludes halogenated alkanes) is 2. The van der Waals surface area contributed by atoms with Crippen LogP contribution in [0.1, 0.15) is 86.0 Å². The van der Waals surface area contributed by atoms with Crippen LogP contribution in [-0.4, -0.2) is 0 Å². The van der Waals surface area contributed by atoms with E-state index in [2.05, 4.69) is 34.6 Å². The molecule has 0 aromatic heterocycles. The maximum atomic E-state index is 2.41. The number of rotatable bonds is 9. The monoisotopic (exact) mass is 212 g/mol. The van der Waals surface area contributed by atoms with Crippen molar-refractivity contribution in [2.75, 3.05) is 0 Å². The Balaban J connectivity index is 3.69. The second-order valence-electron chi connectivity index (χ2n) is 5.83. The van der Waals surface area contributed by atoms with E-state index in [9.17, 15) is 0 Å². The van der Waals surface area contributed by atoms with Crippen LogP contribution >= 0.6 is 0 Å². The molecule has 0 fully saturated rings. The second kappa shape index (κ2) is 8.19. The molecule has 0 aliphatic rings. The first-order valence-electron chi connectivity index (χ1n) is 7.05. The lowest BCUT2D eigenvalue weighted by molar-refractivity contribution is 0.271. The standard InChI is InChI=1S/C15H32/c1-6-9-10-11-14(7-2)12-13-15(4,5)8-3/h14H,6-13H2,1-5H3. The summed E-state index contributed by atoms with van der Waals surface area (Å²) in [6, 6.07) is 0. The summed E-state index contributed by atoms with van der Waals surface area (Å²) in [5, 5.41) is 0. The van der Waals surface area contributed by atoms with Crippen molar-refractivity contribution in [1.29, 1.82) is 0 Å². The third-order valence-corrected chi connectivity index (χ3v) is 3.98. The van der Waals surface area contributed by atoms with Gasteiger partial charge in [0.15, 0.2) is 0 Å². The van der Waals surface area contributed by atoms with E-state index in [1.165, 1.54) is 51.4 Å². The van der Waals surface area contributed by atoms with Crippen LogP contribution in [0.25, 0.3) is 0 Å². The lowest BCUT2D eigenvalue weighted by Gasteiger charge is -2.25. The first kappa shape index (κ1) is 15.0. The number of hydrogen-bond donors (Lipinski definition) is 0. The predicted molar refractivity (Wildman–Crippen MR) is 71.2 cm³/mol. The van der Waals surface area contributed by atoms with Gasteiger partial charge >= 0.3 is 0 Å². The molecule has 0 radical (unpaired) electrons. The van der Waals surface area contributed by atoms with E-state index in [4.69, 9.17) is 0 Å². The summed E-state index contributed by atoms with van der Waals surface area (Å²) in [6.45, 7) is 11.8. The van der Waals surface area contributed by atoms with Gasteiger partial charge in [-0.1, -0.05) is 73.1 Å². The first-order valence-corrected chi connectivity index (χ1v) is 7.05. The third-order valence-electron chi connectivity index (χ3n) is 3.98. The number of hydrogen-bond acceptors (Lipinski definition) is 0. The van der Waals surface area contributed by atoms with Crippen LogP contribution in [-0.2, 0) is 0 Å². The van der Waals surface area contributed by atoms with Gasteiger partial charge in [0.1, 0.15) is 0 Å². The van der Waals surface area contributed by atoms with Gasteiger partial charge in [-0.2, -0.15) is 0 Å². The highest BCUT2D eigenvalue weighted by atomic mass is 14.2.